The van der Waals surface area contributed by atoms with E-state index in [2.05, 4.69) is 28.1 Å². The van der Waals surface area contributed by atoms with Gasteiger partial charge in [-0.2, -0.15) is 0 Å². The molecule has 1 saturated heterocycles. The number of fused-ring (bicyclic) bond motifs is 1. The molecule has 1 fully saturated rings. The molecule has 3 N–H and O–H groups in total. The van der Waals surface area contributed by atoms with E-state index in [1.165, 1.54) is 11.1 Å². The number of aryl methyl sites for hydroxylation is 1. The highest BCUT2D eigenvalue weighted by atomic mass is 16.2. The number of carbonyl (C=O) groups is 3. The average molecular weight is 401 g/mol. The lowest BCUT2D eigenvalue weighted by atomic mass is 9.88. The third-order valence-electron chi connectivity index (χ3n) is 5.96. The first kappa shape index (κ1) is 21.3. The van der Waals surface area contributed by atoms with E-state index in [0.29, 0.717) is 13.0 Å². The number of hydrogen-bond donors (Lipinski definition) is 3. The third kappa shape index (κ3) is 5.35. The van der Waals surface area contributed by atoms with E-state index in [0.717, 1.165) is 32.1 Å². The van der Waals surface area contributed by atoms with Crippen LogP contribution in [0.15, 0.2) is 24.3 Å². The Kier molecular flexibility index (Phi) is 7.25. The molecule has 3 rings (SSSR count). The smallest absolute Gasteiger partial charge is 0.245 e. The quantitative estimate of drug-likeness (QED) is 0.671. The zero-order chi connectivity index (χ0) is 20.8. The summed E-state index contributed by atoms with van der Waals surface area (Å²) in [4.78, 5) is 39.4. The summed E-state index contributed by atoms with van der Waals surface area (Å²) in [5, 5.41) is 8.83. The highest BCUT2D eigenvalue weighted by molar-refractivity contribution is 5.92. The number of amides is 3. The Bertz CT molecular complexity index is 751. The molecule has 1 aromatic rings. The summed E-state index contributed by atoms with van der Waals surface area (Å²) < 4.78 is 0. The minimum atomic E-state index is -0.566. The molecule has 29 heavy (non-hydrogen) atoms. The van der Waals surface area contributed by atoms with E-state index < -0.39 is 6.04 Å². The summed E-state index contributed by atoms with van der Waals surface area (Å²) in [6, 6.07) is 7.29. The first-order chi connectivity index (χ1) is 14.0. The lowest BCUT2D eigenvalue weighted by Crippen LogP contribution is -2.53. The molecule has 7 nitrogen and oxygen atoms in total. The molecule has 158 valence electrons. The molecule has 1 aliphatic carbocycles. The van der Waals surface area contributed by atoms with Crippen molar-refractivity contribution in [1.29, 1.82) is 0 Å². The molecule has 0 spiro atoms. The predicted molar refractivity (Wildman–Crippen MR) is 111 cm³/mol. The molecular weight excluding hydrogens is 368 g/mol. The fraction of sp³-hybridized carbons (Fsp3) is 0.591. The number of likely N-dealkylation sites (N-methyl/N-ethyl adjacent to an activating group) is 1. The highest BCUT2D eigenvalue weighted by Gasteiger charge is 2.31. The summed E-state index contributed by atoms with van der Waals surface area (Å²) in [6.07, 6.45) is 5.28. The van der Waals surface area contributed by atoms with Crippen LogP contribution >= 0.6 is 0 Å². The number of nitrogens with zero attached hydrogens (tertiary/aromatic N) is 1. The van der Waals surface area contributed by atoms with Crippen molar-refractivity contribution in [2.45, 2.75) is 63.6 Å². The van der Waals surface area contributed by atoms with Gasteiger partial charge >= 0.3 is 0 Å². The molecule has 0 radical (unpaired) electrons. The van der Waals surface area contributed by atoms with Gasteiger partial charge < -0.3 is 20.9 Å². The van der Waals surface area contributed by atoms with Crippen LogP contribution in [0.5, 0.6) is 0 Å². The molecule has 7 heteroatoms. The van der Waals surface area contributed by atoms with Crippen molar-refractivity contribution < 1.29 is 14.4 Å². The van der Waals surface area contributed by atoms with Crippen LogP contribution in [0, 0.1) is 0 Å². The van der Waals surface area contributed by atoms with E-state index in [1.54, 1.807) is 18.9 Å². The van der Waals surface area contributed by atoms with Crippen LogP contribution in [-0.2, 0) is 20.8 Å². The van der Waals surface area contributed by atoms with Crippen LogP contribution in [-0.4, -0.2) is 54.8 Å². The van der Waals surface area contributed by atoms with Crippen molar-refractivity contribution >= 4 is 17.7 Å². The lowest BCUT2D eigenvalue weighted by molar-refractivity contribution is -0.139. The fourth-order valence-corrected chi connectivity index (χ4v) is 4.14. The van der Waals surface area contributed by atoms with Gasteiger partial charge in [-0.25, -0.2) is 0 Å². The summed E-state index contributed by atoms with van der Waals surface area (Å²) in [7, 11) is 1.71. The van der Waals surface area contributed by atoms with Crippen molar-refractivity contribution in [3.8, 4) is 0 Å². The Balaban J connectivity index is 1.60. The summed E-state index contributed by atoms with van der Waals surface area (Å²) in [5.41, 5.74) is 2.47. The SMILES string of the molecule is CN[C@@H](C)C(=O)N[C@@H]1CCCCN(CC(=O)N[C@@H]2CCCc3ccccc32)C1=O. The number of carbonyl (C=O) groups excluding carboxylic acids is 3. The molecule has 2 aliphatic rings. The van der Waals surface area contributed by atoms with Crippen LogP contribution in [0.25, 0.3) is 0 Å². The Hall–Kier alpha value is -2.41. The van der Waals surface area contributed by atoms with Crippen LogP contribution in [0.2, 0.25) is 0 Å². The maximum absolute atomic E-state index is 12.9. The number of rotatable bonds is 6. The van der Waals surface area contributed by atoms with Gasteiger partial charge in [0.1, 0.15) is 6.04 Å². The van der Waals surface area contributed by atoms with E-state index in [1.807, 2.05) is 12.1 Å². The van der Waals surface area contributed by atoms with Gasteiger partial charge in [0, 0.05) is 6.54 Å². The molecule has 3 amide bonds. The van der Waals surface area contributed by atoms with Crippen molar-refractivity contribution in [1.82, 2.24) is 20.9 Å². The standard InChI is InChI=1S/C22H32N4O3/c1-15(23-2)21(28)25-19-11-5-6-13-26(22(19)29)14-20(27)24-18-12-7-9-16-8-3-4-10-17(16)18/h3-4,8,10,15,18-19,23H,5-7,9,11-14H2,1-2H3,(H,24,27)(H,25,28)/t15-,18+,19+/m0/s1. The van der Waals surface area contributed by atoms with Crippen molar-refractivity contribution in [2.24, 2.45) is 0 Å². The van der Waals surface area contributed by atoms with Gasteiger partial charge in [0.25, 0.3) is 0 Å². The second-order valence-electron chi connectivity index (χ2n) is 8.04. The third-order valence-corrected chi connectivity index (χ3v) is 5.96. The lowest BCUT2D eigenvalue weighted by Gasteiger charge is -2.29. The number of benzene rings is 1. The van der Waals surface area contributed by atoms with Gasteiger partial charge in [0.05, 0.1) is 18.6 Å². The van der Waals surface area contributed by atoms with Crippen LogP contribution in [0.4, 0.5) is 0 Å². The Morgan fingerprint density at radius 1 is 1.10 bits per heavy atom. The van der Waals surface area contributed by atoms with Crippen LogP contribution in [0.3, 0.4) is 0 Å². The van der Waals surface area contributed by atoms with Gasteiger partial charge in [0.15, 0.2) is 0 Å². The number of hydrogen-bond acceptors (Lipinski definition) is 4. The summed E-state index contributed by atoms with van der Waals surface area (Å²) in [5.74, 6) is -0.509. The number of nitrogens with one attached hydrogen (secondary N) is 3. The molecule has 1 heterocycles. The Labute approximate surface area is 172 Å². The van der Waals surface area contributed by atoms with E-state index in [-0.39, 0.29) is 36.3 Å². The van der Waals surface area contributed by atoms with Crippen molar-refractivity contribution in [3.63, 3.8) is 0 Å². The maximum Gasteiger partial charge on any atom is 0.245 e. The van der Waals surface area contributed by atoms with E-state index in [4.69, 9.17) is 0 Å². The minimum absolute atomic E-state index is 0.00140. The van der Waals surface area contributed by atoms with Gasteiger partial charge in [-0.15, -0.1) is 0 Å². The first-order valence-corrected chi connectivity index (χ1v) is 10.6. The molecule has 1 aliphatic heterocycles. The highest BCUT2D eigenvalue weighted by Crippen LogP contribution is 2.29. The fourth-order valence-electron chi connectivity index (χ4n) is 4.14. The molecule has 0 saturated carbocycles. The average Bonchev–Trinajstić information content (AvgIpc) is 2.89. The largest absolute Gasteiger partial charge is 0.348 e. The van der Waals surface area contributed by atoms with Gasteiger partial charge in [-0.05, 0) is 63.6 Å². The Morgan fingerprint density at radius 2 is 1.86 bits per heavy atom. The van der Waals surface area contributed by atoms with Gasteiger partial charge in [-0.3, -0.25) is 14.4 Å². The van der Waals surface area contributed by atoms with E-state index in [9.17, 15) is 14.4 Å². The van der Waals surface area contributed by atoms with Crippen molar-refractivity contribution in [2.75, 3.05) is 20.1 Å². The predicted octanol–water partition coefficient (Wildman–Crippen LogP) is 1.29. The van der Waals surface area contributed by atoms with Gasteiger partial charge in [0.2, 0.25) is 17.7 Å². The molecule has 1 aromatic carbocycles. The Morgan fingerprint density at radius 3 is 2.66 bits per heavy atom. The maximum atomic E-state index is 12.9. The zero-order valence-electron chi connectivity index (χ0n) is 17.4. The number of likely N-dealkylation sites (tertiary alicyclic amines) is 1. The second kappa shape index (κ2) is 9.87. The first-order valence-electron chi connectivity index (χ1n) is 10.6. The normalized spacial score (nSPS) is 23.0. The summed E-state index contributed by atoms with van der Waals surface area (Å²) in [6.45, 7) is 2.33. The van der Waals surface area contributed by atoms with Crippen molar-refractivity contribution in [3.05, 3.63) is 35.4 Å². The monoisotopic (exact) mass is 400 g/mol. The van der Waals surface area contributed by atoms with Crippen LogP contribution in [0.1, 0.15) is 56.2 Å². The summed E-state index contributed by atoms with van der Waals surface area (Å²) >= 11 is 0. The van der Waals surface area contributed by atoms with E-state index >= 15 is 0 Å². The zero-order valence-corrected chi connectivity index (χ0v) is 17.4. The molecular formula is C22H32N4O3. The van der Waals surface area contributed by atoms with Crippen LogP contribution < -0.4 is 16.0 Å². The second-order valence-corrected chi connectivity index (χ2v) is 8.04. The topological polar surface area (TPSA) is 90.5 Å². The molecule has 0 bridgehead atoms. The minimum Gasteiger partial charge on any atom is -0.348 e. The molecule has 0 aromatic heterocycles. The molecule has 3 atom stereocenters. The van der Waals surface area contributed by atoms with Gasteiger partial charge in [-0.1, -0.05) is 24.3 Å². The molecule has 0 unspecified atom stereocenters.